The molecule has 1 aliphatic heterocycles. The molecule has 0 saturated heterocycles. The molecule has 0 fully saturated rings. The molecule has 1 aromatic rings. The zero-order valence-electron chi connectivity index (χ0n) is 12.4. The molecule has 5 nitrogen and oxygen atoms in total. The van der Waals surface area contributed by atoms with Crippen LogP contribution in [-0.2, 0) is 6.42 Å². The summed E-state index contributed by atoms with van der Waals surface area (Å²) in [5, 5.41) is 12.1. The lowest BCUT2D eigenvalue weighted by Crippen LogP contribution is -2.33. The van der Waals surface area contributed by atoms with Crippen LogP contribution in [0.2, 0.25) is 0 Å². The summed E-state index contributed by atoms with van der Waals surface area (Å²) < 4.78 is 0. The van der Waals surface area contributed by atoms with E-state index in [1.165, 1.54) is 11.3 Å². The molecule has 110 valence electrons. The molecule has 1 aromatic carbocycles. The van der Waals surface area contributed by atoms with Gasteiger partial charge in [-0.25, -0.2) is 4.79 Å². The van der Waals surface area contributed by atoms with Gasteiger partial charge in [0.1, 0.15) is 0 Å². The molecule has 0 aliphatic carbocycles. The van der Waals surface area contributed by atoms with Crippen LogP contribution in [-0.4, -0.2) is 49.3 Å². The molecule has 2 N–H and O–H groups in total. The molecule has 2 rings (SSSR count). The first-order valence-corrected chi connectivity index (χ1v) is 7.01. The number of hydrogen-bond donors (Lipinski definition) is 2. The Morgan fingerprint density at radius 3 is 3.00 bits per heavy atom. The number of rotatable bonds is 4. The van der Waals surface area contributed by atoms with Gasteiger partial charge < -0.3 is 20.2 Å². The molecule has 0 aromatic heterocycles. The van der Waals surface area contributed by atoms with Crippen LogP contribution < -0.4 is 10.2 Å². The third-order valence-corrected chi connectivity index (χ3v) is 3.69. The zero-order chi connectivity index (χ0) is 14.7. The van der Waals surface area contributed by atoms with E-state index < -0.39 is 0 Å². The molecule has 1 aliphatic rings. The second-order valence-electron chi connectivity index (χ2n) is 5.50. The summed E-state index contributed by atoms with van der Waals surface area (Å²) in [5.74, 6) is 0. The fourth-order valence-corrected chi connectivity index (χ4v) is 2.32. The van der Waals surface area contributed by atoms with Crippen molar-refractivity contribution in [3.8, 4) is 0 Å². The van der Waals surface area contributed by atoms with Crippen LogP contribution in [0.15, 0.2) is 18.2 Å². The molecule has 0 radical (unpaired) electrons. The Hall–Kier alpha value is -1.75. The van der Waals surface area contributed by atoms with Gasteiger partial charge >= 0.3 is 6.03 Å². The number of nitrogens with one attached hydrogen (secondary N) is 1. The van der Waals surface area contributed by atoms with E-state index in [9.17, 15) is 9.90 Å². The van der Waals surface area contributed by atoms with E-state index in [0.29, 0.717) is 13.0 Å². The molecule has 1 heterocycles. The number of carbonyl (C=O) groups excluding carboxylic acids is 1. The number of fused-ring (bicyclic) bond motifs is 1. The monoisotopic (exact) mass is 277 g/mol. The lowest BCUT2D eigenvalue weighted by molar-refractivity contribution is 0.167. The molecule has 0 saturated carbocycles. The number of aliphatic hydroxyl groups excluding tert-OH is 1. The van der Waals surface area contributed by atoms with Crippen molar-refractivity contribution in [2.24, 2.45) is 0 Å². The Morgan fingerprint density at radius 1 is 1.55 bits per heavy atom. The third kappa shape index (κ3) is 3.42. The summed E-state index contributed by atoms with van der Waals surface area (Å²) in [6.45, 7) is 3.29. The quantitative estimate of drug-likeness (QED) is 0.884. The molecule has 1 unspecified atom stereocenters. The van der Waals surface area contributed by atoms with Gasteiger partial charge in [0.25, 0.3) is 0 Å². The Kier molecular flexibility index (Phi) is 4.49. The number of amides is 2. The first-order chi connectivity index (χ1) is 9.47. The van der Waals surface area contributed by atoms with Crippen molar-refractivity contribution in [3.05, 3.63) is 23.8 Å². The number of urea groups is 1. The fraction of sp³-hybridized carbons (Fsp3) is 0.533. The predicted molar refractivity (Wildman–Crippen MR) is 81.4 cm³/mol. The normalized spacial score (nSPS) is 14.9. The number of anilines is 2. The van der Waals surface area contributed by atoms with Gasteiger partial charge in [0, 0.05) is 38.6 Å². The second kappa shape index (κ2) is 6.13. The maximum Gasteiger partial charge on any atom is 0.321 e. The summed E-state index contributed by atoms with van der Waals surface area (Å²) in [6, 6.07) is 5.89. The van der Waals surface area contributed by atoms with Gasteiger partial charge in [0.15, 0.2) is 0 Å². The van der Waals surface area contributed by atoms with E-state index >= 15 is 0 Å². The van der Waals surface area contributed by atoms with Crippen LogP contribution >= 0.6 is 0 Å². The minimum atomic E-state index is -0.390. The van der Waals surface area contributed by atoms with Crippen LogP contribution in [0, 0.1) is 0 Å². The van der Waals surface area contributed by atoms with Gasteiger partial charge in [-0.1, -0.05) is 6.07 Å². The number of hydrogen-bond acceptors (Lipinski definition) is 3. The van der Waals surface area contributed by atoms with Crippen LogP contribution in [0.4, 0.5) is 16.2 Å². The minimum absolute atomic E-state index is 0.147. The Bertz CT molecular complexity index is 488. The average Bonchev–Trinajstić information content (AvgIpc) is 2.77. The number of carbonyl (C=O) groups is 1. The molecule has 2 amide bonds. The van der Waals surface area contributed by atoms with Crippen molar-refractivity contribution < 1.29 is 9.90 Å². The summed E-state index contributed by atoms with van der Waals surface area (Å²) in [4.78, 5) is 15.8. The van der Waals surface area contributed by atoms with Crippen LogP contribution in [0.3, 0.4) is 0 Å². The van der Waals surface area contributed by atoms with Gasteiger partial charge in [-0.15, -0.1) is 0 Å². The number of aliphatic hydroxyl groups is 1. The topological polar surface area (TPSA) is 55.8 Å². The zero-order valence-corrected chi connectivity index (χ0v) is 12.4. The SMILES string of the molecule is CC(O)CCN(C)C(=O)Nc1ccc2c(c1)N(C)CC2. The van der Waals surface area contributed by atoms with E-state index in [0.717, 1.165) is 18.7 Å². The Balaban J connectivity index is 1.96. The molecular formula is C15H23N3O2. The van der Waals surface area contributed by atoms with Crippen molar-refractivity contribution in [1.82, 2.24) is 4.90 Å². The maximum atomic E-state index is 12.0. The van der Waals surface area contributed by atoms with Crippen molar-refractivity contribution in [3.63, 3.8) is 0 Å². The lowest BCUT2D eigenvalue weighted by atomic mass is 10.1. The van der Waals surface area contributed by atoms with Crippen molar-refractivity contribution in [1.29, 1.82) is 0 Å². The fourth-order valence-electron chi connectivity index (χ4n) is 2.32. The molecule has 0 spiro atoms. The summed E-state index contributed by atoms with van der Waals surface area (Å²) in [5.41, 5.74) is 3.33. The minimum Gasteiger partial charge on any atom is -0.393 e. The maximum absolute atomic E-state index is 12.0. The van der Waals surface area contributed by atoms with Gasteiger partial charge in [-0.3, -0.25) is 0 Å². The standard InChI is InChI=1S/C15H23N3O2/c1-11(19)6-8-18(3)15(20)16-13-5-4-12-7-9-17(2)14(12)10-13/h4-5,10-11,19H,6-9H2,1-3H3,(H,16,20). The summed E-state index contributed by atoms with van der Waals surface area (Å²) >= 11 is 0. The Morgan fingerprint density at radius 2 is 2.30 bits per heavy atom. The highest BCUT2D eigenvalue weighted by Gasteiger charge is 2.17. The number of nitrogens with zero attached hydrogens (tertiary/aromatic N) is 2. The lowest BCUT2D eigenvalue weighted by Gasteiger charge is -2.19. The highest BCUT2D eigenvalue weighted by Crippen LogP contribution is 2.29. The second-order valence-corrected chi connectivity index (χ2v) is 5.50. The van der Waals surface area contributed by atoms with E-state index in [-0.39, 0.29) is 12.1 Å². The number of likely N-dealkylation sites (N-methyl/N-ethyl adjacent to an activating group) is 1. The largest absolute Gasteiger partial charge is 0.393 e. The van der Waals surface area contributed by atoms with Crippen molar-refractivity contribution >= 4 is 17.4 Å². The van der Waals surface area contributed by atoms with Crippen LogP contribution in [0.5, 0.6) is 0 Å². The third-order valence-electron chi connectivity index (χ3n) is 3.69. The highest BCUT2D eigenvalue weighted by atomic mass is 16.3. The summed E-state index contributed by atoms with van der Waals surface area (Å²) in [6.07, 6.45) is 1.25. The van der Waals surface area contributed by atoms with Gasteiger partial charge in [0.05, 0.1) is 6.10 Å². The van der Waals surface area contributed by atoms with E-state index in [1.54, 1.807) is 18.9 Å². The molecule has 5 heteroatoms. The molecule has 0 bridgehead atoms. The summed E-state index contributed by atoms with van der Waals surface area (Å²) in [7, 11) is 3.80. The highest BCUT2D eigenvalue weighted by molar-refractivity contribution is 5.90. The first-order valence-electron chi connectivity index (χ1n) is 7.01. The predicted octanol–water partition coefficient (Wildman–Crippen LogP) is 1.91. The molecular weight excluding hydrogens is 254 g/mol. The number of benzene rings is 1. The van der Waals surface area contributed by atoms with Gasteiger partial charge in [0.2, 0.25) is 0 Å². The van der Waals surface area contributed by atoms with Gasteiger partial charge in [-0.05, 0) is 37.5 Å². The average molecular weight is 277 g/mol. The van der Waals surface area contributed by atoms with E-state index in [1.807, 2.05) is 12.1 Å². The molecule has 20 heavy (non-hydrogen) atoms. The smallest absolute Gasteiger partial charge is 0.321 e. The van der Waals surface area contributed by atoms with E-state index in [4.69, 9.17) is 0 Å². The Labute approximate surface area is 120 Å². The molecule has 1 atom stereocenters. The van der Waals surface area contributed by atoms with Crippen molar-refractivity contribution in [2.45, 2.75) is 25.9 Å². The first kappa shape index (κ1) is 14.7. The van der Waals surface area contributed by atoms with Crippen LogP contribution in [0.1, 0.15) is 18.9 Å². The van der Waals surface area contributed by atoms with Crippen LogP contribution in [0.25, 0.3) is 0 Å². The van der Waals surface area contributed by atoms with Gasteiger partial charge in [-0.2, -0.15) is 0 Å². The van der Waals surface area contributed by atoms with Crippen molar-refractivity contribution in [2.75, 3.05) is 37.4 Å². The van der Waals surface area contributed by atoms with E-state index in [2.05, 4.69) is 23.3 Å².